The number of hydrogen-bond acceptors (Lipinski definition) is 2. The van der Waals surface area contributed by atoms with E-state index in [2.05, 4.69) is 44.6 Å². The lowest BCUT2D eigenvalue weighted by atomic mass is 10.0. The van der Waals surface area contributed by atoms with E-state index in [1.54, 1.807) is 0 Å². The van der Waals surface area contributed by atoms with Gasteiger partial charge in [-0.3, -0.25) is 4.90 Å². The van der Waals surface area contributed by atoms with Crippen molar-refractivity contribution in [3.63, 3.8) is 0 Å². The van der Waals surface area contributed by atoms with Gasteiger partial charge in [-0.25, -0.2) is 0 Å². The maximum absolute atomic E-state index is 3.53. The Hall–Kier alpha value is 0.140. The number of alkyl halides is 1. The van der Waals surface area contributed by atoms with Gasteiger partial charge in [0.1, 0.15) is 0 Å². The summed E-state index contributed by atoms with van der Waals surface area (Å²) in [6.07, 6.45) is 5.47. The van der Waals surface area contributed by atoms with Crippen molar-refractivity contribution < 1.29 is 0 Å². The van der Waals surface area contributed by atoms with Crippen LogP contribution >= 0.6 is 27.3 Å². The molecule has 1 unspecified atom stereocenters. The molecule has 96 valence electrons. The normalized spacial score (nSPS) is 17.6. The maximum atomic E-state index is 3.53. The molecule has 0 N–H and O–H groups in total. The molecule has 1 saturated carbocycles. The summed E-state index contributed by atoms with van der Waals surface area (Å²) in [5.74, 6) is 0.845. The largest absolute Gasteiger partial charge is 0.296 e. The molecule has 1 fully saturated rings. The van der Waals surface area contributed by atoms with Gasteiger partial charge < -0.3 is 0 Å². The lowest BCUT2D eigenvalue weighted by Gasteiger charge is -2.23. The van der Waals surface area contributed by atoms with Gasteiger partial charge >= 0.3 is 0 Å². The van der Waals surface area contributed by atoms with Crippen molar-refractivity contribution in [2.75, 3.05) is 11.9 Å². The van der Waals surface area contributed by atoms with Gasteiger partial charge in [-0.1, -0.05) is 22.9 Å². The van der Waals surface area contributed by atoms with Gasteiger partial charge in [0.15, 0.2) is 0 Å². The van der Waals surface area contributed by atoms with Crippen LogP contribution in [0.25, 0.3) is 0 Å². The van der Waals surface area contributed by atoms with Gasteiger partial charge in [0.2, 0.25) is 0 Å². The third-order valence-corrected chi connectivity index (χ3v) is 4.73. The van der Waals surface area contributed by atoms with Crippen LogP contribution in [0.15, 0.2) is 16.8 Å². The third-order valence-electron chi connectivity index (χ3n) is 3.54. The van der Waals surface area contributed by atoms with Crippen molar-refractivity contribution in [1.82, 2.24) is 4.90 Å². The SMILES string of the molecule is CC(CCBr)CCN(Cc1ccsc1)C1CC1. The first-order valence-electron chi connectivity index (χ1n) is 6.60. The molecule has 1 heterocycles. The van der Waals surface area contributed by atoms with E-state index in [4.69, 9.17) is 0 Å². The molecule has 0 bridgehead atoms. The van der Waals surface area contributed by atoms with E-state index in [1.165, 1.54) is 37.8 Å². The van der Waals surface area contributed by atoms with Crippen molar-refractivity contribution in [3.8, 4) is 0 Å². The van der Waals surface area contributed by atoms with Gasteiger partial charge in [-0.2, -0.15) is 11.3 Å². The highest BCUT2D eigenvalue weighted by atomic mass is 79.9. The molecule has 0 spiro atoms. The second-order valence-electron chi connectivity index (χ2n) is 5.20. The molecule has 1 aromatic rings. The lowest BCUT2D eigenvalue weighted by molar-refractivity contribution is 0.236. The van der Waals surface area contributed by atoms with Crippen LogP contribution in [0.4, 0.5) is 0 Å². The molecule has 2 rings (SSSR count). The summed E-state index contributed by atoms with van der Waals surface area (Å²) >= 11 is 5.35. The van der Waals surface area contributed by atoms with E-state index < -0.39 is 0 Å². The quantitative estimate of drug-likeness (QED) is 0.637. The average molecular weight is 316 g/mol. The minimum absolute atomic E-state index is 0.845. The second-order valence-corrected chi connectivity index (χ2v) is 6.78. The van der Waals surface area contributed by atoms with Gasteiger partial charge in [0.05, 0.1) is 0 Å². The summed E-state index contributed by atoms with van der Waals surface area (Å²) in [6, 6.07) is 3.15. The summed E-state index contributed by atoms with van der Waals surface area (Å²) in [5.41, 5.74) is 1.50. The second kappa shape index (κ2) is 6.91. The number of hydrogen-bond donors (Lipinski definition) is 0. The Kier molecular flexibility index (Phi) is 5.51. The van der Waals surface area contributed by atoms with E-state index in [0.29, 0.717) is 0 Å². The molecule has 1 aromatic heterocycles. The molecule has 0 saturated heterocycles. The molecule has 0 aliphatic heterocycles. The molecule has 0 aromatic carbocycles. The predicted octanol–water partition coefficient (Wildman–Crippen LogP) is 4.52. The van der Waals surface area contributed by atoms with Gasteiger partial charge in [-0.15, -0.1) is 0 Å². The summed E-state index contributed by atoms with van der Waals surface area (Å²) in [7, 11) is 0. The number of halogens is 1. The molecule has 3 heteroatoms. The molecular weight excluding hydrogens is 294 g/mol. The fourth-order valence-corrected chi connectivity index (χ4v) is 3.61. The first-order chi connectivity index (χ1) is 8.29. The monoisotopic (exact) mass is 315 g/mol. The average Bonchev–Trinajstić information content (AvgIpc) is 3.03. The molecule has 0 radical (unpaired) electrons. The first-order valence-corrected chi connectivity index (χ1v) is 8.67. The van der Waals surface area contributed by atoms with E-state index in [9.17, 15) is 0 Å². The van der Waals surface area contributed by atoms with Crippen molar-refractivity contribution >= 4 is 27.3 Å². The molecule has 1 nitrogen and oxygen atoms in total. The van der Waals surface area contributed by atoms with Gasteiger partial charge in [-0.05, 0) is 60.5 Å². The molecule has 17 heavy (non-hydrogen) atoms. The topological polar surface area (TPSA) is 3.24 Å². The van der Waals surface area contributed by atoms with Crippen molar-refractivity contribution in [1.29, 1.82) is 0 Å². The Labute approximate surface area is 117 Å². The number of thiophene rings is 1. The first kappa shape index (κ1) is 13.6. The molecule has 0 amide bonds. The zero-order chi connectivity index (χ0) is 12.1. The summed E-state index contributed by atoms with van der Waals surface area (Å²) in [5, 5.41) is 5.62. The summed E-state index contributed by atoms with van der Waals surface area (Å²) < 4.78 is 0. The van der Waals surface area contributed by atoms with E-state index in [1.807, 2.05) is 11.3 Å². The Balaban J connectivity index is 1.77. The number of nitrogens with zero attached hydrogens (tertiary/aromatic N) is 1. The van der Waals surface area contributed by atoms with Crippen molar-refractivity contribution in [3.05, 3.63) is 22.4 Å². The van der Waals surface area contributed by atoms with Crippen LogP contribution in [0, 0.1) is 5.92 Å². The Bertz CT molecular complexity index is 308. The standard InChI is InChI=1S/C14H22BrNS/c1-12(4-7-15)5-8-16(14-2-3-14)10-13-6-9-17-11-13/h6,9,11-12,14H,2-5,7-8,10H2,1H3. The smallest absolute Gasteiger partial charge is 0.0244 e. The zero-order valence-corrected chi connectivity index (χ0v) is 13.0. The van der Waals surface area contributed by atoms with Crippen LogP contribution < -0.4 is 0 Å². The fraction of sp³-hybridized carbons (Fsp3) is 0.714. The van der Waals surface area contributed by atoms with E-state index >= 15 is 0 Å². The van der Waals surface area contributed by atoms with E-state index in [-0.39, 0.29) is 0 Å². The molecule has 1 aliphatic carbocycles. The Morgan fingerprint density at radius 3 is 2.88 bits per heavy atom. The van der Waals surface area contributed by atoms with Gasteiger partial charge in [0.25, 0.3) is 0 Å². The van der Waals surface area contributed by atoms with Crippen molar-refractivity contribution in [2.45, 2.75) is 45.2 Å². The predicted molar refractivity (Wildman–Crippen MR) is 79.9 cm³/mol. The lowest BCUT2D eigenvalue weighted by Crippen LogP contribution is -2.27. The highest BCUT2D eigenvalue weighted by Crippen LogP contribution is 2.29. The number of rotatable bonds is 8. The fourth-order valence-electron chi connectivity index (χ4n) is 2.16. The highest BCUT2D eigenvalue weighted by Gasteiger charge is 2.28. The Morgan fingerprint density at radius 2 is 2.29 bits per heavy atom. The minimum Gasteiger partial charge on any atom is -0.296 e. The molecule has 1 aliphatic rings. The highest BCUT2D eigenvalue weighted by molar-refractivity contribution is 9.09. The third kappa shape index (κ3) is 4.72. The van der Waals surface area contributed by atoms with E-state index in [0.717, 1.165) is 23.8 Å². The maximum Gasteiger partial charge on any atom is 0.0244 e. The van der Waals surface area contributed by atoms with Crippen LogP contribution in [-0.2, 0) is 6.54 Å². The van der Waals surface area contributed by atoms with Crippen LogP contribution in [-0.4, -0.2) is 22.8 Å². The summed E-state index contributed by atoms with van der Waals surface area (Å²) in [6.45, 7) is 4.81. The van der Waals surface area contributed by atoms with Gasteiger partial charge in [0, 0.05) is 17.9 Å². The minimum atomic E-state index is 0.845. The van der Waals surface area contributed by atoms with Crippen molar-refractivity contribution in [2.24, 2.45) is 5.92 Å². The van der Waals surface area contributed by atoms with Crippen LogP contribution in [0.2, 0.25) is 0 Å². The summed E-state index contributed by atoms with van der Waals surface area (Å²) in [4.78, 5) is 2.69. The molecular formula is C14H22BrNS. The van der Waals surface area contributed by atoms with Crippen LogP contribution in [0.3, 0.4) is 0 Å². The Morgan fingerprint density at radius 1 is 1.47 bits per heavy atom. The zero-order valence-electron chi connectivity index (χ0n) is 10.6. The molecule has 1 atom stereocenters. The van der Waals surface area contributed by atoms with Crippen LogP contribution in [0.5, 0.6) is 0 Å². The van der Waals surface area contributed by atoms with Crippen LogP contribution in [0.1, 0.15) is 38.2 Å².